The molecule has 4 heteroatoms. The van der Waals surface area contributed by atoms with Crippen molar-refractivity contribution >= 4 is 0 Å². The highest BCUT2D eigenvalue weighted by Gasteiger charge is 2.20. The van der Waals surface area contributed by atoms with Gasteiger partial charge in [0.1, 0.15) is 11.6 Å². The van der Waals surface area contributed by atoms with Crippen molar-refractivity contribution in [2.45, 2.75) is 32.7 Å². The first kappa shape index (κ1) is 16.2. The second-order valence-corrected chi connectivity index (χ2v) is 5.90. The standard InChI is InChI=1S/C17H27FN2O/c1-3-8-19-11-14-5-4-9-20(12-14)13-15-6-7-16(21-2)10-17(15)18/h6-7,10,14,19H,3-5,8-9,11-13H2,1-2H3. The van der Waals surface area contributed by atoms with Crippen LogP contribution in [0.15, 0.2) is 18.2 Å². The molecule has 21 heavy (non-hydrogen) atoms. The van der Waals surface area contributed by atoms with Crippen molar-refractivity contribution in [3.8, 4) is 5.75 Å². The van der Waals surface area contributed by atoms with Gasteiger partial charge in [0.05, 0.1) is 7.11 Å². The van der Waals surface area contributed by atoms with E-state index in [0.29, 0.717) is 18.2 Å². The molecule has 1 aliphatic heterocycles. The van der Waals surface area contributed by atoms with Gasteiger partial charge in [0.2, 0.25) is 0 Å². The maximum atomic E-state index is 14.0. The monoisotopic (exact) mass is 294 g/mol. The van der Waals surface area contributed by atoms with Crippen LogP contribution in [0.3, 0.4) is 0 Å². The fraction of sp³-hybridized carbons (Fsp3) is 0.647. The molecule has 1 aromatic rings. The van der Waals surface area contributed by atoms with E-state index in [2.05, 4.69) is 17.1 Å². The van der Waals surface area contributed by atoms with Crippen LogP contribution < -0.4 is 10.1 Å². The molecule has 3 nitrogen and oxygen atoms in total. The normalized spacial score (nSPS) is 19.7. The number of benzene rings is 1. The number of rotatable bonds is 7. The summed E-state index contributed by atoms with van der Waals surface area (Å²) >= 11 is 0. The number of piperidine rings is 1. The Labute approximate surface area is 127 Å². The summed E-state index contributed by atoms with van der Waals surface area (Å²) in [7, 11) is 1.56. The summed E-state index contributed by atoms with van der Waals surface area (Å²) in [4.78, 5) is 2.37. The van der Waals surface area contributed by atoms with E-state index in [1.54, 1.807) is 7.11 Å². The van der Waals surface area contributed by atoms with Crippen molar-refractivity contribution in [2.75, 3.05) is 33.3 Å². The topological polar surface area (TPSA) is 24.5 Å². The zero-order valence-electron chi connectivity index (χ0n) is 13.2. The summed E-state index contributed by atoms with van der Waals surface area (Å²) in [5, 5.41) is 3.50. The lowest BCUT2D eigenvalue weighted by atomic mass is 9.97. The Morgan fingerprint density at radius 2 is 2.29 bits per heavy atom. The van der Waals surface area contributed by atoms with Crippen LogP contribution in [0, 0.1) is 11.7 Å². The number of hydrogen-bond donors (Lipinski definition) is 1. The van der Waals surface area contributed by atoms with Gasteiger partial charge in [-0.25, -0.2) is 4.39 Å². The van der Waals surface area contributed by atoms with Gasteiger partial charge in [0.15, 0.2) is 0 Å². The number of halogens is 1. The SMILES string of the molecule is CCCNCC1CCCN(Cc2ccc(OC)cc2F)C1. The minimum atomic E-state index is -0.166. The van der Waals surface area contributed by atoms with E-state index in [4.69, 9.17) is 4.74 Å². The molecule has 0 aliphatic carbocycles. The number of methoxy groups -OCH3 is 1. The summed E-state index contributed by atoms with van der Waals surface area (Å²) in [6.07, 6.45) is 3.65. The minimum Gasteiger partial charge on any atom is -0.497 e. The molecule has 0 saturated carbocycles. The molecule has 0 amide bonds. The van der Waals surface area contributed by atoms with Crippen molar-refractivity contribution in [1.82, 2.24) is 10.2 Å². The molecule has 1 N–H and O–H groups in total. The highest BCUT2D eigenvalue weighted by atomic mass is 19.1. The number of ether oxygens (including phenoxy) is 1. The van der Waals surface area contributed by atoms with Gasteiger partial charge in [-0.1, -0.05) is 13.0 Å². The first-order chi connectivity index (χ1) is 10.2. The third-order valence-corrected chi connectivity index (χ3v) is 4.12. The Bertz CT molecular complexity index is 439. The van der Waals surface area contributed by atoms with Crippen molar-refractivity contribution in [3.63, 3.8) is 0 Å². The number of hydrogen-bond acceptors (Lipinski definition) is 3. The van der Waals surface area contributed by atoms with Crippen LogP contribution in [0.1, 0.15) is 31.7 Å². The van der Waals surface area contributed by atoms with Crippen molar-refractivity contribution in [3.05, 3.63) is 29.6 Å². The molecule has 0 spiro atoms. The van der Waals surface area contributed by atoms with Crippen LogP contribution in [0.4, 0.5) is 4.39 Å². The van der Waals surface area contributed by atoms with E-state index in [1.807, 2.05) is 12.1 Å². The molecule has 1 aromatic carbocycles. The summed E-state index contributed by atoms with van der Waals surface area (Å²) in [5.41, 5.74) is 0.762. The Kier molecular flexibility index (Phi) is 6.46. The maximum Gasteiger partial charge on any atom is 0.131 e. The molecule has 0 aromatic heterocycles. The fourth-order valence-corrected chi connectivity index (χ4v) is 2.97. The predicted octanol–water partition coefficient (Wildman–Crippen LogP) is 3.05. The van der Waals surface area contributed by atoms with Crippen molar-refractivity contribution in [1.29, 1.82) is 0 Å². The lowest BCUT2D eigenvalue weighted by molar-refractivity contribution is 0.164. The highest BCUT2D eigenvalue weighted by molar-refractivity contribution is 5.28. The van der Waals surface area contributed by atoms with Gasteiger partial charge in [0, 0.05) is 24.7 Å². The van der Waals surface area contributed by atoms with Gasteiger partial charge in [-0.3, -0.25) is 4.90 Å². The molecule has 1 aliphatic rings. The van der Waals surface area contributed by atoms with Crippen LogP contribution in [0.2, 0.25) is 0 Å². The second kappa shape index (κ2) is 8.35. The molecular formula is C17H27FN2O. The van der Waals surface area contributed by atoms with Gasteiger partial charge in [-0.05, 0) is 50.9 Å². The number of nitrogens with zero attached hydrogens (tertiary/aromatic N) is 1. The largest absolute Gasteiger partial charge is 0.497 e. The lowest BCUT2D eigenvalue weighted by Gasteiger charge is -2.33. The molecular weight excluding hydrogens is 267 g/mol. The van der Waals surface area contributed by atoms with Crippen molar-refractivity contribution in [2.24, 2.45) is 5.92 Å². The minimum absolute atomic E-state index is 0.166. The van der Waals surface area contributed by atoms with E-state index in [1.165, 1.54) is 25.3 Å². The zero-order chi connectivity index (χ0) is 15.1. The van der Waals surface area contributed by atoms with Gasteiger partial charge < -0.3 is 10.1 Å². The number of nitrogens with one attached hydrogen (secondary N) is 1. The molecule has 1 unspecified atom stereocenters. The quantitative estimate of drug-likeness (QED) is 0.782. The third kappa shape index (κ3) is 4.97. The molecule has 1 heterocycles. The average Bonchev–Trinajstić information content (AvgIpc) is 2.50. The molecule has 1 saturated heterocycles. The zero-order valence-corrected chi connectivity index (χ0v) is 13.2. The third-order valence-electron chi connectivity index (χ3n) is 4.12. The molecule has 2 rings (SSSR count). The summed E-state index contributed by atoms with van der Waals surface area (Å²) in [6.45, 7) is 7.17. The first-order valence-electron chi connectivity index (χ1n) is 7.98. The highest BCUT2D eigenvalue weighted by Crippen LogP contribution is 2.21. The molecule has 0 radical (unpaired) electrons. The number of likely N-dealkylation sites (tertiary alicyclic amines) is 1. The lowest BCUT2D eigenvalue weighted by Crippen LogP contribution is -2.39. The van der Waals surface area contributed by atoms with E-state index < -0.39 is 0 Å². The average molecular weight is 294 g/mol. The molecule has 118 valence electrons. The van der Waals surface area contributed by atoms with Crippen LogP contribution in [0.25, 0.3) is 0 Å². The van der Waals surface area contributed by atoms with E-state index in [9.17, 15) is 4.39 Å². The summed E-state index contributed by atoms with van der Waals surface area (Å²) in [5.74, 6) is 1.10. The van der Waals surface area contributed by atoms with Crippen LogP contribution >= 0.6 is 0 Å². The van der Waals surface area contributed by atoms with Crippen LogP contribution in [-0.2, 0) is 6.54 Å². The summed E-state index contributed by atoms with van der Waals surface area (Å²) in [6, 6.07) is 5.15. The molecule has 0 bridgehead atoms. The predicted molar refractivity (Wildman–Crippen MR) is 84.1 cm³/mol. The smallest absolute Gasteiger partial charge is 0.131 e. The van der Waals surface area contributed by atoms with E-state index in [-0.39, 0.29) is 5.82 Å². The Morgan fingerprint density at radius 3 is 3.00 bits per heavy atom. The van der Waals surface area contributed by atoms with Gasteiger partial charge in [-0.15, -0.1) is 0 Å². The van der Waals surface area contributed by atoms with Gasteiger partial charge in [0.25, 0.3) is 0 Å². The van der Waals surface area contributed by atoms with E-state index >= 15 is 0 Å². The Hall–Kier alpha value is -1.13. The van der Waals surface area contributed by atoms with E-state index in [0.717, 1.165) is 31.7 Å². The Balaban J connectivity index is 1.87. The molecule has 1 fully saturated rings. The van der Waals surface area contributed by atoms with Gasteiger partial charge >= 0.3 is 0 Å². The summed E-state index contributed by atoms with van der Waals surface area (Å²) < 4.78 is 19.1. The fourth-order valence-electron chi connectivity index (χ4n) is 2.97. The van der Waals surface area contributed by atoms with Crippen molar-refractivity contribution < 1.29 is 9.13 Å². The maximum absolute atomic E-state index is 14.0. The molecule has 1 atom stereocenters. The van der Waals surface area contributed by atoms with Gasteiger partial charge in [-0.2, -0.15) is 0 Å². The Morgan fingerprint density at radius 1 is 1.43 bits per heavy atom. The second-order valence-electron chi connectivity index (χ2n) is 5.90. The van der Waals surface area contributed by atoms with Crippen LogP contribution in [-0.4, -0.2) is 38.2 Å². The van der Waals surface area contributed by atoms with Crippen LogP contribution in [0.5, 0.6) is 5.75 Å². The first-order valence-corrected chi connectivity index (χ1v) is 7.98.